The van der Waals surface area contributed by atoms with Crippen LogP contribution in [-0.2, 0) is 6.42 Å². The van der Waals surface area contributed by atoms with Gasteiger partial charge in [0.1, 0.15) is 5.82 Å². The van der Waals surface area contributed by atoms with Crippen molar-refractivity contribution in [1.29, 1.82) is 0 Å². The van der Waals surface area contributed by atoms with Crippen molar-refractivity contribution in [2.75, 3.05) is 6.54 Å². The zero-order valence-electron chi connectivity index (χ0n) is 10.9. The van der Waals surface area contributed by atoms with E-state index in [0.29, 0.717) is 0 Å². The summed E-state index contributed by atoms with van der Waals surface area (Å²) in [6.07, 6.45) is 0.858. The summed E-state index contributed by atoms with van der Waals surface area (Å²) in [5, 5.41) is 4.17. The van der Waals surface area contributed by atoms with Gasteiger partial charge in [0.05, 0.1) is 0 Å². The minimum absolute atomic E-state index is 0.187. The van der Waals surface area contributed by atoms with Crippen molar-refractivity contribution in [3.63, 3.8) is 0 Å². The molecule has 0 aliphatic carbocycles. The average Bonchev–Trinajstić information content (AvgIpc) is 2.42. The molecule has 0 fully saturated rings. The molecule has 0 heterocycles. The minimum Gasteiger partial charge on any atom is -0.310 e. The van der Waals surface area contributed by atoms with E-state index in [2.05, 4.69) is 12.2 Å². The highest BCUT2D eigenvalue weighted by Crippen LogP contribution is 2.20. The molecule has 0 amide bonds. The maximum absolute atomic E-state index is 13.0. The highest BCUT2D eigenvalue weighted by atomic mass is 35.5. The van der Waals surface area contributed by atoms with Gasteiger partial charge in [-0.25, -0.2) is 4.39 Å². The first-order chi connectivity index (χ1) is 9.19. The van der Waals surface area contributed by atoms with E-state index in [9.17, 15) is 4.39 Å². The number of rotatable bonds is 5. The normalized spacial score (nSPS) is 12.4. The molecule has 0 radical (unpaired) electrons. The molecule has 0 aliphatic rings. The van der Waals surface area contributed by atoms with Crippen molar-refractivity contribution >= 4 is 11.6 Å². The summed E-state index contributed by atoms with van der Waals surface area (Å²) in [5.74, 6) is -0.203. The number of benzene rings is 2. The molecule has 3 heteroatoms. The molecule has 19 heavy (non-hydrogen) atoms. The fourth-order valence-electron chi connectivity index (χ4n) is 2.11. The summed E-state index contributed by atoms with van der Waals surface area (Å²) >= 11 is 5.89. The van der Waals surface area contributed by atoms with Gasteiger partial charge in [0.25, 0.3) is 0 Å². The van der Waals surface area contributed by atoms with E-state index in [-0.39, 0.29) is 11.9 Å². The molecule has 0 aromatic heterocycles. The highest BCUT2D eigenvalue weighted by Gasteiger charge is 2.11. The first-order valence-corrected chi connectivity index (χ1v) is 6.80. The van der Waals surface area contributed by atoms with Crippen molar-refractivity contribution in [2.24, 2.45) is 0 Å². The van der Waals surface area contributed by atoms with E-state index in [1.54, 1.807) is 0 Å². The monoisotopic (exact) mass is 277 g/mol. The third kappa shape index (κ3) is 4.05. The molecule has 100 valence electrons. The van der Waals surface area contributed by atoms with E-state index in [0.717, 1.165) is 23.6 Å². The fraction of sp³-hybridized carbons (Fsp3) is 0.250. The SMILES string of the molecule is CCNC(Cc1ccc(Cl)cc1)c1ccc(F)cc1. The van der Waals surface area contributed by atoms with Gasteiger partial charge in [0, 0.05) is 11.1 Å². The highest BCUT2D eigenvalue weighted by molar-refractivity contribution is 6.30. The third-order valence-electron chi connectivity index (χ3n) is 3.08. The molecular weight excluding hydrogens is 261 g/mol. The number of hydrogen-bond acceptors (Lipinski definition) is 1. The Balaban J connectivity index is 2.15. The van der Waals surface area contributed by atoms with Crippen LogP contribution in [0.2, 0.25) is 5.02 Å². The lowest BCUT2D eigenvalue weighted by Gasteiger charge is -2.18. The summed E-state index contributed by atoms with van der Waals surface area (Å²) in [6, 6.07) is 14.7. The molecule has 1 nitrogen and oxygen atoms in total. The van der Waals surface area contributed by atoms with Crippen LogP contribution in [0.15, 0.2) is 48.5 Å². The average molecular weight is 278 g/mol. The van der Waals surface area contributed by atoms with Crippen molar-refractivity contribution in [2.45, 2.75) is 19.4 Å². The zero-order valence-corrected chi connectivity index (χ0v) is 11.6. The molecule has 0 spiro atoms. The zero-order chi connectivity index (χ0) is 13.7. The Bertz CT molecular complexity index is 507. The maximum atomic E-state index is 13.0. The topological polar surface area (TPSA) is 12.0 Å². The second-order valence-corrected chi connectivity index (χ2v) is 4.93. The molecule has 1 N–H and O–H groups in total. The van der Waals surface area contributed by atoms with E-state index < -0.39 is 0 Å². The summed E-state index contributed by atoms with van der Waals surface area (Å²) in [7, 11) is 0. The lowest BCUT2D eigenvalue weighted by molar-refractivity contribution is 0.547. The summed E-state index contributed by atoms with van der Waals surface area (Å²) in [6.45, 7) is 2.94. The van der Waals surface area contributed by atoms with Gasteiger partial charge in [-0.3, -0.25) is 0 Å². The Labute approximate surface area is 118 Å². The Morgan fingerprint density at radius 2 is 1.68 bits per heavy atom. The first kappa shape index (κ1) is 14.0. The molecule has 2 aromatic carbocycles. The van der Waals surface area contributed by atoms with Gasteiger partial charge in [-0.1, -0.05) is 42.8 Å². The van der Waals surface area contributed by atoms with Crippen molar-refractivity contribution in [3.8, 4) is 0 Å². The predicted molar refractivity (Wildman–Crippen MR) is 78.0 cm³/mol. The third-order valence-corrected chi connectivity index (χ3v) is 3.33. The largest absolute Gasteiger partial charge is 0.310 e. The predicted octanol–water partition coefficient (Wildman–Crippen LogP) is 4.37. The van der Waals surface area contributed by atoms with Crippen LogP contribution in [0.3, 0.4) is 0 Å². The van der Waals surface area contributed by atoms with Crippen LogP contribution in [0.1, 0.15) is 24.1 Å². The van der Waals surface area contributed by atoms with Crippen molar-refractivity contribution in [1.82, 2.24) is 5.32 Å². The number of hydrogen-bond donors (Lipinski definition) is 1. The molecular formula is C16H17ClFN. The Kier molecular flexibility index (Phi) is 4.94. The molecule has 2 aromatic rings. The van der Waals surface area contributed by atoms with E-state index in [1.807, 2.05) is 36.4 Å². The van der Waals surface area contributed by atoms with Crippen LogP contribution in [0, 0.1) is 5.82 Å². The van der Waals surface area contributed by atoms with Crippen LogP contribution >= 0.6 is 11.6 Å². The second-order valence-electron chi connectivity index (χ2n) is 4.49. The standard InChI is InChI=1S/C16H17ClFN/c1-2-19-16(13-5-9-15(18)10-6-13)11-12-3-7-14(17)8-4-12/h3-10,16,19H,2,11H2,1H3. The van der Waals surface area contributed by atoms with E-state index in [1.165, 1.54) is 17.7 Å². The Morgan fingerprint density at radius 1 is 1.05 bits per heavy atom. The van der Waals surface area contributed by atoms with Gasteiger partial charge in [0.15, 0.2) is 0 Å². The molecule has 1 unspecified atom stereocenters. The second kappa shape index (κ2) is 6.69. The molecule has 0 bridgehead atoms. The Hall–Kier alpha value is -1.38. The summed E-state index contributed by atoms with van der Waals surface area (Å²) in [4.78, 5) is 0. The molecule has 1 atom stereocenters. The van der Waals surface area contributed by atoms with Crippen molar-refractivity contribution < 1.29 is 4.39 Å². The van der Waals surface area contributed by atoms with Gasteiger partial charge in [0.2, 0.25) is 0 Å². The van der Waals surface area contributed by atoms with Gasteiger partial charge < -0.3 is 5.32 Å². The van der Waals surface area contributed by atoms with E-state index in [4.69, 9.17) is 11.6 Å². The van der Waals surface area contributed by atoms with Crippen LogP contribution in [0.5, 0.6) is 0 Å². The smallest absolute Gasteiger partial charge is 0.123 e. The lowest BCUT2D eigenvalue weighted by atomic mass is 9.99. The minimum atomic E-state index is -0.203. The molecule has 0 saturated carbocycles. The Morgan fingerprint density at radius 3 is 2.26 bits per heavy atom. The first-order valence-electron chi connectivity index (χ1n) is 6.42. The van der Waals surface area contributed by atoms with E-state index >= 15 is 0 Å². The number of likely N-dealkylation sites (N-methyl/N-ethyl adjacent to an activating group) is 1. The molecule has 0 saturated heterocycles. The lowest BCUT2D eigenvalue weighted by Crippen LogP contribution is -2.22. The van der Waals surface area contributed by atoms with Gasteiger partial charge >= 0.3 is 0 Å². The van der Waals surface area contributed by atoms with Crippen LogP contribution in [-0.4, -0.2) is 6.54 Å². The quantitative estimate of drug-likeness (QED) is 0.856. The summed E-state index contributed by atoms with van der Waals surface area (Å²) < 4.78 is 13.0. The van der Waals surface area contributed by atoms with Crippen LogP contribution in [0.25, 0.3) is 0 Å². The maximum Gasteiger partial charge on any atom is 0.123 e. The van der Waals surface area contributed by atoms with Crippen molar-refractivity contribution in [3.05, 3.63) is 70.5 Å². The fourth-order valence-corrected chi connectivity index (χ4v) is 2.23. The number of halogens is 2. The van der Waals surface area contributed by atoms with Gasteiger partial charge in [-0.15, -0.1) is 0 Å². The molecule has 2 rings (SSSR count). The van der Waals surface area contributed by atoms with Gasteiger partial charge in [-0.05, 0) is 48.4 Å². The van der Waals surface area contributed by atoms with Crippen LogP contribution in [0.4, 0.5) is 4.39 Å². The number of nitrogens with one attached hydrogen (secondary N) is 1. The van der Waals surface area contributed by atoms with Gasteiger partial charge in [-0.2, -0.15) is 0 Å². The van der Waals surface area contributed by atoms with Crippen LogP contribution < -0.4 is 5.32 Å². The summed E-state index contributed by atoms with van der Waals surface area (Å²) in [5.41, 5.74) is 2.30. The molecule has 0 aliphatic heterocycles.